The number of nitrogens with one attached hydrogen (secondary N) is 7. The summed E-state index contributed by atoms with van der Waals surface area (Å²) in [4.78, 5) is 11.2. The van der Waals surface area contributed by atoms with E-state index in [2.05, 4.69) is 85.7 Å². The van der Waals surface area contributed by atoms with E-state index >= 15 is 0 Å². The Bertz CT molecular complexity index is 702. The smallest absolute Gasteiger partial charge is 0.317 e. The Kier molecular flexibility index (Phi) is 35.0. The quantitative estimate of drug-likeness (QED) is 0.0236. The van der Waals surface area contributed by atoms with Crippen LogP contribution in [0.5, 0.6) is 0 Å². The van der Waals surface area contributed by atoms with E-state index in [1.165, 1.54) is 77.0 Å². The van der Waals surface area contributed by atoms with Crippen LogP contribution in [0.2, 0.25) is 0 Å². The molecule has 6 atom stereocenters. The van der Waals surface area contributed by atoms with Crippen LogP contribution in [0.3, 0.4) is 0 Å². The van der Waals surface area contributed by atoms with Gasteiger partial charge in [0.25, 0.3) is 0 Å². The molecular formula is C40H87N7O2. The summed E-state index contributed by atoms with van der Waals surface area (Å²) in [5.41, 5.74) is 0. The molecule has 49 heavy (non-hydrogen) atoms. The number of carbonyl (C=O) groups is 1. The lowest BCUT2D eigenvalue weighted by atomic mass is 10.1. The van der Waals surface area contributed by atoms with Crippen LogP contribution in [0.25, 0.3) is 0 Å². The van der Waals surface area contributed by atoms with Gasteiger partial charge in [0.1, 0.15) is 0 Å². The van der Waals surface area contributed by atoms with E-state index in [9.17, 15) is 9.90 Å². The van der Waals surface area contributed by atoms with E-state index in [1.807, 2.05) is 0 Å². The number of rotatable bonds is 39. The first-order valence-corrected chi connectivity index (χ1v) is 21.4. The van der Waals surface area contributed by atoms with Crippen molar-refractivity contribution in [2.45, 2.75) is 240 Å². The highest BCUT2D eigenvalue weighted by molar-refractivity contribution is 5.69. The molecule has 6 unspecified atom stereocenters. The van der Waals surface area contributed by atoms with Gasteiger partial charge >= 0.3 is 5.97 Å². The van der Waals surface area contributed by atoms with Crippen molar-refractivity contribution >= 4 is 5.97 Å². The van der Waals surface area contributed by atoms with Crippen molar-refractivity contribution in [1.29, 1.82) is 0 Å². The summed E-state index contributed by atoms with van der Waals surface area (Å²) in [6.07, 6.45) is 30.3. The van der Waals surface area contributed by atoms with Gasteiger partial charge in [-0.3, -0.25) is 36.7 Å². The van der Waals surface area contributed by atoms with E-state index in [4.69, 9.17) is 0 Å². The third-order valence-corrected chi connectivity index (χ3v) is 9.40. The monoisotopic (exact) mass is 698 g/mol. The third-order valence-electron chi connectivity index (χ3n) is 9.40. The van der Waals surface area contributed by atoms with Gasteiger partial charge in [0.2, 0.25) is 0 Å². The van der Waals surface area contributed by atoms with Crippen molar-refractivity contribution in [3.05, 3.63) is 0 Å². The average Bonchev–Trinajstić information content (AvgIpc) is 3.06. The number of aliphatic carboxylic acids is 1. The Balaban J connectivity index is 5.03. The molecule has 0 amide bonds. The highest BCUT2D eigenvalue weighted by atomic mass is 16.4. The minimum absolute atomic E-state index is 0.0330. The first-order valence-electron chi connectivity index (χ1n) is 21.4. The van der Waals surface area contributed by atoms with E-state index in [1.54, 1.807) is 0 Å². The molecule has 0 saturated carbocycles. The van der Waals surface area contributed by atoms with Gasteiger partial charge in [0.15, 0.2) is 0 Å². The molecule has 294 valence electrons. The minimum Gasteiger partial charge on any atom is -0.480 e. The zero-order valence-corrected chi connectivity index (χ0v) is 33.7. The second-order valence-electron chi connectivity index (χ2n) is 14.5. The topological polar surface area (TPSA) is 122 Å². The molecule has 0 aliphatic heterocycles. The molecular weight excluding hydrogens is 610 g/mol. The Morgan fingerprint density at radius 3 is 1.00 bits per heavy atom. The van der Waals surface area contributed by atoms with Gasteiger partial charge < -0.3 is 10.4 Å². The summed E-state index contributed by atoms with van der Waals surface area (Å²) in [7, 11) is 0. The van der Waals surface area contributed by atoms with Crippen LogP contribution in [0.4, 0.5) is 0 Å². The highest BCUT2D eigenvalue weighted by Gasteiger charge is 2.23. The van der Waals surface area contributed by atoms with Crippen molar-refractivity contribution in [2.24, 2.45) is 0 Å². The first kappa shape index (κ1) is 48.2. The standard InChI is InChI=1S/C40H87N7O2/c1-8-15-16-17-18-19-20-21-22-23-24-25-32-41-34(26-9-2)43-36(28-11-4)45-38(30-13-6)47-39(31-14-7)46-37(29-12-5)44-35(27-10-3)42-33-40(48)49/h34-39,41-47H,8-33H2,1-7H3,(H,48,49). The molecule has 9 heteroatoms. The number of hydrogen-bond acceptors (Lipinski definition) is 8. The first-order chi connectivity index (χ1) is 23.9. The molecule has 0 radical (unpaired) electrons. The van der Waals surface area contributed by atoms with Crippen molar-refractivity contribution in [2.75, 3.05) is 13.1 Å². The summed E-state index contributed by atoms with van der Waals surface area (Å²) >= 11 is 0. The van der Waals surface area contributed by atoms with Crippen LogP contribution in [0.15, 0.2) is 0 Å². The van der Waals surface area contributed by atoms with Gasteiger partial charge in [-0.15, -0.1) is 0 Å². The molecule has 9 nitrogen and oxygen atoms in total. The van der Waals surface area contributed by atoms with E-state index in [-0.39, 0.29) is 37.4 Å². The number of hydrogen-bond donors (Lipinski definition) is 8. The number of carboxylic acids is 1. The maximum atomic E-state index is 11.2. The highest BCUT2D eigenvalue weighted by Crippen LogP contribution is 2.12. The summed E-state index contributed by atoms with van der Waals surface area (Å²) in [6.45, 7) is 16.8. The van der Waals surface area contributed by atoms with Gasteiger partial charge in [-0.1, -0.05) is 158 Å². The fourth-order valence-corrected chi connectivity index (χ4v) is 6.75. The number of unbranched alkanes of at least 4 members (excludes halogenated alkanes) is 11. The Labute approximate surface area is 305 Å². The van der Waals surface area contributed by atoms with E-state index < -0.39 is 5.97 Å². The lowest BCUT2D eigenvalue weighted by molar-refractivity contribution is -0.136. The third kappa shape index (κ3) is 29.5. The number of carboxylic acid groups (broad SMARTS) is 1. The van der Waals surface area contributed by atoms with Crippen molar-refractivity contribution in [3.8, 4) is 0 Å². The van der Waals surface area contributed by atoms with Gasteiger partial charge in [-0.2, -0.15) is 0 Å². The maximum absolute atomic E-state index is 11.2. The van der Waals surface area contributed by atoms with Gasteiger partial charge in [-0.05, 0) is 51.5 Å². The molecule has 0 aromatic heterocycles. The summed E-state index contributed by atoms with van der Waals surface area (Å²) in [5, 5.41) is 35.7. The molecule has 0 spiro atoms. The molecule has 0 heterocycles. The van der Waals surface area contributed by atoms with Crippen molar-refractivity contribution in [1.82, 2.24) is 37.2 Å². The van der Waals surface area contributed by atoms with Crippen molar-refractivity contribution < 1.29 is 9.90 Å². The molecule has 8 N–H and O–H groups in total. The van der Waals surface area contributed by atoms with Crippen LogP contribution in [0, 0.1) is 0 Å². The van der Waals surface area contributed by atoms with Gasteiger partial charge in [0, 0.05) is 0 Å². The fraction of sp³-hybridized carbons (Fsp3) is 0.975. The fourth-order valence-electron chi connectivity index (χ4n) is 6.75. The normalized spacial score (nSPS) is 15.6. The summed E-state index contributed by atoms with van der Waals surface area (Å²) < 4.78 is 0. The predicted molar refractivity (Wildman–Crippen MR) is 213 cm³/mol. The van der Waals surface area contributed by atoms with Crippen LogP contribution < -0.4 is 37.2 Å². The molecule has 0 fully saturated rings. The summed E-state index contributed by atoms with van der Waals surface area (Å²) in [6, 6.07) is 0. The molecule has 0 aliphatic rings. The Hall–Kier alpha value is -0.810. The van der Waals surface area contributed by atoms with Crippen LogP contribution in [-0.4, -0.2) is 61.2 Å². The van der Waals surface area contributed by atoms with Gasteiger partial charge in [0.05, 0.1) is 43.5 Å². The molecule has 0 aromatic rings. The average molecular weight is 698 g/mol. The SMILES string of the molecule is CCCCCCCCCCCCCCNC(CCC)NC(CCC)NC(CCC)NC(CCC)NC(CCC)NC(CCC)NCC(=O)O. The predicted octanol–water partition coefficient (Wildman–Crippen LogP) is 8.66. The Morgan fingerprint density at radius 2 is 0.673 bits per heavy atom. The molecule has 0 rings (SSSR count). The zero-order chi connectivity index (χ0) is 36.4. The lowest BCUT2D eigenvalue weighted by Crippen LogP contribution is -2.63. The zero-order valence-electron chi connectivity index (χ0n) is 33.7. The van der Waals surface area contributed by atoms with Crippen LogP contribution >= 0.6 is 0 Å². The van der Waals surface area contributed by atoms with Crippen molar-refractivity contribution in [3.63, 3.8) is 0 Å². The second kappa shape index (κ2) is 35.6. The minimum atomic E-state index is -0.821. The van der Waals surface area contributed by atoms with Crippen LogP contribution in [-0.2, 0) is 4.79 Å². The summed E-state index contributed by atoms with van der Waals surface area (Å²) in [5.74, 6) is -0.821. The second-order valence-corrected chi connectivity index (χ2v) is 14.5. The largest absolute Gasteiger partial charge is 0.480 e. The van der Waals surface area contributed by atoms with Crippen LogP contribution in [0.1, 0.15) is 203 Å². The lowest BCUT2D eigenvalue weighted by Gasteiger charge is -2.36. The van der Waals surface area contributed by atoms with E-state index in [0.29, 0.717) is 6.17 Å². The molecule has 0 aliphatic carbocycles. The maximum Gasteiger partial charge on any atom is 0.317 e. The molecule has 0 bridgehead atoms. The van der Waals surface area contributed by atoms with E-state index in [0.717, 1.165) is 83.6 Å². The molecule has 0 saturated heterocycles. The molecule has 0 aromatic carbocycles. The Morgan fingerprint density at radius 1 is 0.388 bits per heavy atom. The van der Waals surface area contributed by atoms with Gasteiger partial charge in [-0.25, -0.2) is 0 Å².